The Bertz CT molecular complexity index is 518. The molecule has 2 unspecified atom stereocenters. The second-order valence-electron chi connectivity index (χ2n) is 4.81. The summed E-state index contributed by atoms with van der Waals surface area (Å²) in [7, 11) is 4.97. The van der Waals surface area contributed by atoms with Crippen molar-refractivity contribution in [3.63, 3.8) is 0 Å². The topological polar surface area (TPSA) is 97.1 Å². The summed E-state index contributed by atoms with van der Waals surface area (Å²) in [6, 6.07) is 1.66. The molecule has 1 saturated heterocycles. The Morgan fingerprint density at radius 1 is 1.55 bits per heavy atom. The number of hydrogen-bond donors (Lipinski definition) is 2. The van der Waals surface area contributed by atoms with E-state index >= 15 is 0 Å². The lowest BCUT2D eigenvalue weighted by molar-refractivity contribution is -0.0624. The van der Waals surface area contributed by atoms with Crippen molar-refractivity contribution in [3.05, 3.63) is 22.7 Å². The van der Waals surface area contributed by atoms with Crippen molar-refractivity contribution >= 4 is 5.82 Å². The fourth-order valence-electron chi connectivity index (χ4n) is 2.19. The molecule has 8 heteroatoms. The molecule has 0 bridgehead atoms. The molecular formula is C12H19N3O5. The number of nitrogens with zero attached hydrogens (tertiary/aromatic N) is 3. The summed E-state index contributed by atoms with van der Waals surface area (Å²) in [5.41, 5.74) is -0.506. The van der Waals surface area contributed by atoms with Gasteiger partial charge in [-0.3, -0.25) is 4.57 Å². The largest absolute Gasteiger partial charge is 0.394 e. The van der Waals surface area contributed by atoms with Gasteiger partial charge in [-0.2, -0.15) is 4.98 Å². The molecule has 1 aliphatic heterocycles. The van der Waals surface area contributed by atoms with E-state index in [-0.39, 0.29) is 6.61 Å². The van der Waals surface area contributed by atoms with Crippen LogP contribution in [0.3, 0.4) is 0 Å². The fourth-order valence-corrected chi connectivity index (χ4v) is 2.19. The molecule has 1 fully saturated rings. The van der Waals surface area contributed by atoms with Gasteiger partial charge in [-0.05, 0) is 6.07 Å². The second-order valence-corrected chi connectivity index (χ2v) is 4.81. The number of aliphatic hydroxyl groups excluding tert-OH is 2. The highest BCUT2D eigenvalue weighted by Crippen LogP contribution is 2.30. The van der Waals surface area contributed by atoms with E-state index in [2.05, 4.69) is 4.98 Å². The quantitative estimate of drug-likeness (QED) is 0.700. The van der Waals surface area contributed by atoms with Crippen molar-refractivity contribution < 1.29 is 19.7 Å². The van der Waals surface area contributed by atoms with Crippen LogP contribution in [0.2, 0.25) is 0 Å². The standard InChI is InChI=1S/C12H19N3O5/c1-14(2)8-4-5-15(12(18)13-8)11-10(19-3)9(17)7(6-16)20-11/h4-5,7,9-11,16-17H,6H2,1-3H3/t7-,9?,10?,11-/m1/s1. The molecule has 8 nitrogen and oxygen atoms in total. The summed E-state index contributed by atoms with van der Waals surface area (Å²) in [6.07, 6.45) is -1.81. The molecule has 0 radical (unpaired) electrons. The smallest absolute Gasteiger partial charge is 0.351 e. The van der Waals surface area contributed by atoms with Gasteiger partial charge < -0.3 is 24.6 Å². The van der Waals surface area contributed by atoms with Crippen molar-refractivity contribution in [1.82, 2.24) is 9.55 Å². The van der Waals surface area contributed by atoms with Crippen LogP contribution in [-0.4, -0.2) is 65.9 Å². The number of ether oxygens (including phenoxy) is 2. The monoisotopic (exact) mass is 285 g/mol. The average molecular weight is 285 g/mol. The third kappa shape index (κ3) is 2.55. The normalized spacial score (nSPS) is 29.6. The minimum atomic E-state index is -1.00. The van der Waals surface area contributed by atoms with E-state index in [1.54, 1.807) is 25.1 Å². The van der Waals surface area contributed by atoms with Gasteiger partial charge in [0.2, 0.25) is 0 Å². The van der Waals surface area contributed by atoms with Crippen LogP contribution in [0.25, 0.3) is 0 Å². The molecular weight excluding hydrogens is 266 g/mol. The predicted molar refractivity (Wildman–Crippen MR) is 70.6 cm³/mol. The summed E-state index contributed by atoms with van der Waals surface area (Å²) < 4.78 is 11.9. The van der Waals surface area contributed by atoms with Crippen LogP contribution in [0.1, 0.15) is 6.23 Å². The van der Waals surface area contributed by atoms with Gasteiger partial charge >= 0.3 is 5.69 Å². The molecule has 1 aliphatic rings. The van der Waals surface area contributed by atoms with Crippen molar-refractivity contribution in [2.24, 2.45) is 0 Å². The fraction of sp³-hybridized carbons (Fsp3) is 0.667. The maximum absolute atomic E-state index is 12.0. The number of aliphatic hydroxyl groups is 2. The van der Waals surface area contributed by atoms with Crippen LogP contribution in [0.4, 0.5) is 5.82 Å². The first-order valence-electron chi connectivity index (χ1n) is 6.23. The summed E-state index contributed by atoms with van der Waals surface area (Å²) in [4.78, 5) is 17.7. The van der Waals surface area contributed by atoms with Gasteiger partial charge in [0.15, 0.2) is 6.23 Å². The van der Waals surface area contributed by atoms with E-state index in [1.165, 1.54) is 17.9 Å². The van der Waals surface area contributed by atoms with E-state index in [0.29, 0.717) is 5.82 Å². The Morgan fingerprint density at radius 3 is 2.75 bits per heavy atom. The molecule has 2 N–H and O–H groups in total. The molecule has 4 atom stereocenters. The van der Waals surface area contributed by atoms with Crippen LogP contribution >= 0.6 is 0 Å². The minimum absolute atomic E-state index is 0.352. The molecule has 20 heavy (non-hydrogen) atoms. The van der Waals surface area contributed by atoms with Crippen LogP contribution in [0, 0.1) is 0 Å². The van der Waals surface area contributed by atoms with Gasteiger partial charge in [-0.15, -0.1) is 0 Å². The van der Waals surface area contributed by atoms with Crippen molar-refractivity contribution in [2.45, 2.75) is 24.5 Å². The zero-order valence-corrected chi connectivity index (χ0v) is 11.6. The van der Waals surface area contributed by atoms with Crippen molar-refractivity contribution in [1.29, 1.82) is 0 Å². The highest BCUT2D eigenvalue weighted by atomic mass is 16.6. The second kappa shape index (κ2) is 5.88. The zero-order chi connectivity index (χ0) is 14.9. The summed E-state index contributed by atoms with van der Waals surface area (Å²) in [5.74, 6) is 0.525. The Balaban J connectivity index is 2.33. The molecule has 0 saturated carbocycles. The third-order valence-corrected chi connectivity index (χ3v) is 3.31. The van der Waals surface area contributed by atoms with Gasteiger partial charge in [-0.25, -0.2) is 4.79 Å². The Labute approximate surface area is 116 Å². The van der Waals surface area contributed by atoms with Gasteiger partial charge in [0.05, 0.1) is 6.61 Å². The lowest BCUT2D eigenvalue weighted by Gasteiger charge is -2.21. The van der Waals surface area contributed by atoms with Crippen LogP contribution < -0.4 is 10.6 Å². The van der Waals surface area contributed by atoms with E-state index in [0.717, 1.165) is 0 Å². The SMILES string of the molecule is COC1C(O)[C@@H](CO)O[C@H]1n1ccc(N(C)C)nc1=O. The lowest BCUT2D eigenvalue weighted by atomic mass is 10.1. The number of hydrogen-bond acceptors (Lipinski definition) is 7. The first kappa shape index (κ1) is 14.9. The summed E-state index contributed by atoms with van der Waals surface area (Å²) >= 11 is 0. The summed E-state index contributed by atoms with van der Waals surface area (Å²) in [5, 5.41) is 19.1. The zero-order valence-electron chi connectivity index (χ0n) is 11.6. The number of rotatable bonds is 4. The highest BCUT2D eigenvalue weighted by Gasteiger charge is 2.45. The van der Waals surface area contributed by atoms with Crippen LogP contribution in [0.5, 0.6) is 0 Å². The van der Waals surface area contributed by atoms with Crippen LogP contribution in [-0.2, 0) is 9.47 Å². The maximum atomic E-state index is 12.0. The third-order valence-electron chi connectivity index (χ3n) is 3.31. The molecule has 0 aliphatic carbocycles. The van der Waals surface area contributed by atoms with Gasteiger partial charge in [0, 0.05) is 27.4 Å². The predicted octanol–water partition coefficient (Wildman–Crippen LogP) is -1.43. The Hall–Kier alpha value is -1.48. The van der Waals surface area contributed by atoms with Gasteiger partial charge in [0.1, 0.15) is 24.1 Å². The Morgan fingerprint density at radius 2 is 2.25 bits per heavy atom. The number of methoxy groups -OCH3 is 1. The van der Waals surface area contributed by atoms with Gasteiger partial charge in [0.25, 0.3) is 0 Å². The Kier molecular flexibility index (Phi) is 4.39. The molecule has 2 rings (SSSR count). The van der Waals surface area contributed by atoms with Crippen molar-refractivity contribution in [3.8, 4) is 0 Å². The molecule has 1 aromatic rings. The molecule has 112 valence electrons. The van der Waals surface area contributed by atoms with E-state index in [4.69, 9.17) is 14.6 Å². The number of aromatic nitrogens is 2. The molecule has 2 heterocycles. The minimum Gasteiger partial charge on any atom is -0.394 e. The van der Waals surface area contributed by atoms with Crippen LogP contribution in [0.15, 0.2) is 17.1 Å². The van der Waals surface area contributed by atoms with E-state index in [1.807, 2.05) is 0 Å². The number of anilines is 1. The molecule has 0 aromatic carbocycles. The molecule has 1 aromatic heterocycles. The van der Waals surface area contributed by atoms with Gasteiger partial charge in [-0.1, -0.05) is 0 Å². The maximum Gasteiger partial charge on any atom is 0.351 e. The molecule has 0 spiro atoms. The highest BCUT2D eigenvalue weighted by molar-refractivity contribution is 5.33. The first-order chi connectivity index (χ1) is 9.49. The lowest BCUT2D eigenvalue weighted by Crippen LogP contribution is -2.37. The first-order valence-corrected chi connectivity index (χ1v) is 6.23. The van der Waals surface area contributed by atoms with E-state index in [9.17, 15) is 9.90 Å². The summed E-state index contributed by atoms with van der Waals surface area (Å²) in [6.45, 7) is -0.352. The molecule has 0 amide bonds. The van der Waals surface area contributed by atoms with E-state index < -0.39 is 30.2 Å². The average Bonchev–Trinajstić information content (AvgIpc) is 2.74. The van der Waals surface area contributed by atoms with Crippen molar-refractivity contribution in [2.75, 3.05) is 32.7 Å².